The van der Waals surface area contributed by atoms with Gasteiger partial charge in [-0.05, 0) is 18.2 Å². The first-order valence-electron chi connectivity index (χ1n) is 7.71. The number of halogens is 3. The number of carbonyl (C=O) groups excluding carboxylic acids is 1. The Morgan fingerprint density at radius 2 is 2.32 bits per heavy atom. The van der Waals surface area contributed by atoms with Crippen LogP contribution in [0.4, 0.5) is 10.1 Å². The number of carbonyl (C=O) groups is 1. The lowest BCUT2D eigenvalue weighted by Crippen LogP contribution is -2.49. The summed E-state index contributed by atoms with van der Waals surface area (Å²) < 4.78 is 15.1. The number of nitrogens with zero attached hydrogens (tertiary/aromatic N) is 3. The number of imidazole rings is 1. The summed E-state index contributed by atoms with van der Waals surface area (Å²) in [5, 5.41) is 6.08. The van der Waals surface area contributed by atoms with E-state index in [2.05, 4.69) is 20.5 Å². The minimum absolute atomic E-state index is 0. The number of rotatable bonds is 4. The molecule has 1 fully saturated rings. The average Bonchev–Trinajstić information content (AvgIpc) is 2.97. The summed E-state index contributed by atoms with van der Waals surface area (Å²) in [7, 11) is 1.94. The maximum absolute atomic E-state index is 13.2. The lowest BCUT2D eigenvalue weighted by atomic mass is 10.1. The third kappa shape index (κ3) is 4.70. The minimum atomic E-state index is -0.508. The molecular weight excluding hydrogens is 368 g/mol. The molecule has 0 bridgehead atoms. The van der Waals surface area contributed by atoms with Gasteiger partial charge in [-0.25, -0.2) is 9.37 Å². The van der Waals surface area contributed by atoms with Crippen LogP contribution in [0.1, 0.15) is 11.9 Å². The van der Waals surface area contributed by atoms with Crippen LogP contribution in [0.25, 0.3) is 0 Å². The molecule has 2 heterocycles. The molecule has 2 N–H and O–H groups in total. The van der Waals surface area contributed by atoms with E-state index in [-0.39, 0.29) is 35.9 Å². The molecule has 25 heavy (non-hydrogen) atoms. The number of aryl methyl sites for hydroxylation is 1. The van der Waals surface area contributed by atoms with Gasteiger partial charge in [-0.15, -0.1) is 12.4 Å². The number of anilines is 1. The molecule has 2 aromatic rings. The van der Waals surface area contributed by atoms with Crippen molar-refractivity contribution in [2.75, 3.05) is 31.5 Å². The lowest BCUT2D eigenvalue weighted by Gasteiger charge is -2.35. The third-order valence-corrected chi connectivity index (χ3v) is 4.35. The first-order valence-corrected chi connectivity index (χ1v) is 8.09. The predicted octanol–water partition coefficient (Wildman–Crippen LogP) is 2.22. The van der Waals surface area contributed by atoms with Crippen molar-refractivity contribution in [1.29, 1.82) is 0 Å². The van der Waals surface area contributed by atoms with E-state index in [0.717, 1.165) is 25.5 Å². The number of piperazine rings is 1. The van der Waals surface area contributed by atoms with E-state index < -0.39 is 5.82 Å². The maximum atomic E-state index is 13.2. The molecule has 3 rings (SSSR count). The molecule has 0 spiro atoms. The van der Waals surface area contributed by atoms with E-state index in [1.54, 1.807) is 6.20 Å². The van der Waals surface area contributed by atoms with E-state index in [1.807, 2.05) is 17.8 Å². The van der Waals surface area contributed by atoms with Crippen LogP contribution in [0.5, 0.6) is 0 Å². The summed E-state index contributed by atoms with van der Waals surface area (Å²) in [5.74, 6) is 0.241. The lowest BCUT2D eigenvalue weighted by molar-refractivity contribution is -0.118. The zero-order valence-corrected chi connectivity index (χ0v) is 15.3. The van der Waals surface area contributed by atoms with Crippen molar-refractivity contribution in [2.45, 2.75) is 6.04 Å². The molecule has 6 nitrogen and oxygen atoms in total. The highest BCUT2D eigenvalue weighted by molar-refractivity contribution is 6.31. The van der Waals surface area contributed by atoms with Gasteiger partial charge in [0.2, 0.25) is 5.91 Å². The molecule has 0 aliphatic carbocycles. The summed E-state index contributed by atoms with van der Waals surface area (Å²) in [4.78, 5) is 18.8. The number of amides is 1. The molecule has 1 amide bonds. The molecule has 1 aliphatic heterocycles. The van der Waals surface area contributed by atoms with Gasteiger partial charge in [-0.2, -0.15) is 0 Å². The zero-order valence-electron chi connectivity index (χ0n) is 13.7. The molecule has 1 aromatic carbocycles. The summed E-state index contributed by atoms with van der Waals surface area (Å²) in [6.07, 6.45) is 3.64. The number of nitrogens with one attached hydrogen (secondary N) is 2. The van der Waals surface area contributed by atoms with Crippen LogP contribution in [0, 0.1) is 5.82 Å². The number of hydrogen-bond donors (Lipinski definition) is 2. The molecule has 1 saturated heterocycles. The van der Waals surface area contributed by atoms with E-state index in [4.69, 9.17) is 11.6 Å². The minimum Gasteiger partial charge on any atom is -0.337 e. The molecule has 136 valence electrons. The van der Waals surface area contributed by atoms with E-state index >= 15 is 0 Å². The second-order valence-electron chi connectivity index (χ2n) is 5.76. The quantitative estimate of drug-likeness (QED) is 0.844. The fourth-order valence-electron chi connectivity index (χ4n) is 2.85. The van der Waals surface area contributed by atoms with Crippen LogP contribution in [0.3, 0.4) is 0 Å². The molecule has 1 unspecified atom stereocenters. The van der Waals surface area contributed by atoms with Gasteiger partial charge in [-0.1, -0.05) is 11.6 Å². The molecule has 9 heteroatoms. The highest BCUT2D eigenvalue weighted by Gasteiger charge is 2.28. The maximum Gasteiger partial charge on any atom is 0.238 e. The van der Waals surface area contributed by atoms with E-state index in [1.165, 1.54) is 18.2 Å². The van der Waals surface area contributed by atoms with Crippen molar-refractivity contribution < 1.29 is 9.18 Å². The van der Waals surface area contributed by atoms with Crippen LogP contribution in [0.2, 0.25) is 5.02 Å². The van der Waals surface area contributed by atoms with Gasteiger partial charge >= 0.3 is 0 Å². The zero-order chi connectivity index (χ0) is 17.1. The monoisotopic (exact) mass is 387 g/mol. The smallest absolute Gasteiger partial charge is 0.238 e. The van der Waals surface area contributed by atoms with Crippen molar-refractivity contribution in [3.8, 4) is 0 Å². The van der Waals surface area contributed by atoms with Gasteiger partial charge < -0.3 is 15.2 Å². The van der Waals surface area contributed by atoms with Gasteiger partial charge in [0, 0.05) is 44.8 Å². The van der Waals surface area contributed by atoms with Crippen molar-refractivity contribution in [1.82, 2.24) is 19.8 Å². The van der Waals surface area contributed by atoms with Crippen LogP contribution in [-0.4, -0.2) is 46.5 Å². The van der Waals surface area contributed by atoms with Gasteiger partial charge in [0.1, 0.15) is 11.6 Å². The Labute approximate surface area is 156 Å². The van der Waals surface area contributed by atoms with Gasteiger partial charge in [0.25, 0.3) is 0 Å². The second-order valence-corrected chi connectivity index (χ2v) is 6.17. The Morgan fingerprint density at radius 3 is 3.00 bits per heavy atom. The average molecular weight is 388 g/mol. The Morgan fingerprint density at radius 1 is 1.52 bits per heavy atom. The van der Waals surface area contributed by atoms with Crippen molar-refractivity contribution >= 4 is 35.6 Å². The Bertz CT molecular complexity index is 739. The largest absolute Gasteiger partial charge is 0.337 e. The third-order valence-electron chi connectivity index (χ3n) is 4.06. The van der Waals surface area contributed by atoms with Crippen LogP contribution >= 0.6 is 24.0 Å². The van der Waals surface area contributed by atoms with Crippen molar-refractivity contribution in [2.24, 2.45) is 7.05 Å². The second kappa shape index (κ2) is 8.62. The molecular formula is C16H20Cl2FN5O. The predicted molar refractivity (Wildman–Crippen MR) is 97.7 cm³/mol. The summed E-state index contributed by atoms with van der Waals surface area (Å²) in [5.41, 5.74) is 0.482. The van der Waals surface area contributed by atoms with E-state index in [9.17, 15) is 9.18 Å². The van der Waals surface area contributed by atoms with Crippen LogP contribution < -0.4 is 10.6 Å². The topological polar surface area (TPSA) is 62.2 Å². The molecule has 0 radical (unpaired) electrons. The van der Waals surface area contributed by atoms with Crippen molar-refractivity contribution in [3.63, 3.8) is 0 Å². The number of benzene rings is 1. The first kappa shape index (κ1) is 19.7. The van der Waals surface area contributed by atoms with Gasteiger partial charge in [-0.3, -0.25) is 9.69 Å². The summed E-state index contributed by atoms with van der Waals surface area (Å²) >= 11 is 5.74. The molecule has 0 saturated carbocycles. The summed E-state index contributed by atoms with van der Waals surface area (Å²) in [6, 6.07) is 4.16. The molecule has 1 atom stereocenters. The Kier molecular flexibility index (Phi) is 6.78. The standard InChI is InChI=1S/C16H19ClFN5O.ClH/c1-22-6-5-20-16(22)14-9-19-4-7-23(14)10-15(24)21-11-2-3-13(18)12(17)8-11;/h2-3,5-6,8,14,19H,4,7,9-10H2,1H3,(H,21,24);1H. The van der Waals surface area contributed by atoms with Gasteiger partial charge in [0.05, 0.1) is 17.6 Å². The normalized spacial score (nSPS) is 17.8. The van der Waals surface area contributed by atoms with Gasteiger partial charge in [0.15, 0.2) is 0 Å². The first-order chi connectivity index (χ1) is 11.5. The number of aromatic nitrogens is 2. The Balaban J connectivity index is 0.00000225. The SMILES string of the molecule is Cl.Cn1ccnc1C1CNCCN1CC(=O)Nc1ccc(F)c(Cl)c1. The van der Waals surface area contributed by atoms with Crippen molar-refractivity contribution in [3.05, 3.63) is 47.3 Å². The summed E-state index contributed by atoms with van der Waals surface area (Å²) in [6.45, 7) is 2.53. The fraction of sp³-hybridized carbons (Fsp3) is 0.375. The van der Waals surface area contributed by atoms with E-state index in [0.29, 0.717) is 5.69 Å². The number of hydrogen-bond acceptors (Lipinski definition) is 4. The fourth-order valence-corrected chi connectivity index (χ4v) is 3.03. The highest BCUT2D eigenvalue weighted by atomic mass is 35.5. The molecule has 1 aromatic heterocycles. The molecule has 1 aliphatic rings. The van der Waals surface area contributed by atoms with Crippen LogP contribution in [0.15, 0.2) is 30.6 Å². The van der Waals surface area contributed by atoms with Crippen LogP contribution in [-0.2, 0) is 11.8 Å². The Hall–Kier alpha value is -1.67. The highest BCUT2D eigenvalue weighted by Crippen LogP contribution is 2.21.